The zero-order valence-electron chi connectivity index (χ0n) is 12.1. The normalized spacial score (nSPS) is 11.4. The maximum Gasteiger partial charge on any atom is 0.191 e. The zero-order chi connectivity index (χ0) is 14.9. The van der Waals surface area contributed by atoms with Crippen LogP contribution in [0.5, 0.6) is 0 Å². The summed E-state index contributed by atoms with van der Waals surface area (Å²) in [4.78, 5) is 4.58. The summed E-state index contributed by atoms with van der Waals surface area (Å²) in [6.45, 7) is 4.48. The van der Waals surface area contributed by atoms with Crippen molar-refractivity contribution in [2.75, 3.05) is 13.1 Å². The Balaban J connectivity index is 1.82. The largest absolute Gasteiger partial charge is 0.357 e. The number of rotatable bonds is 6. The van der Waals surface area contributed by atoms with E-state index in [1.165, 1.54) is 11.1 Å². The Hall–Kier alpha value is -1.52. The molecule has 0 aliphatic rings. The van der Waals surface area contributed by atoms with Crippen LogP contribution in [0, 0.1) is 0 Å². The first-order valence-corrected chi connectivity index (χ1v) is 8.37. The van der Waals surface area contributed by atoms with Gasteiger partial charge in [-0.05, 0) is 53.4 Å². The number of hydrogen-bond donors (Lipinski definition) is 2. The predicted molar refractivity (Wildman–Crippen MR) is 92.3 cm³/mol. The summed E-state index contributed by atoms with van der Waals surface area (Å²) in [6.07, 6.45) is 0.944. The van der Waals surface area contributed by atoms with Crippen molar-refractivity contribution < 1.29 is 0 Å². The molecule has 21 heavy (non-hydrogen) atoms. The van der Waals surface area contributed by atoms with Crippen molar-refractivity contribution in [1.29, 1.82) is 0 Å². The van der Waals surface area contributed by atoms with Gasteiger partial charge < -0.3 is 10.6 Å². The van der Waals surface area contributed by atoms with Crippen LogP contribution < -0.4 is 10.6 Å². The highest BCUT2D eigenvalue weighted by Gasteiger charge is 1.99. The lowest BCUT2D eigenvalue weighted by Gasteiger charge is -2.11. The number of nitrogens with zero attached hydrogens (tertiary/aromatic N) is 1. The topological polar surface area (TPSA) is 36.4 Å². The summed E-state index contributed by atoms with van der Waals surface area (Å²) in [6, 6.07) is 10.1. The molecule has 0 saturated carbocycles. The Morgan fingerprint density at radius 1 is 1.14 bits per heavy atom. The molecule has 0 aliphatic heterocycles. The molecule has 0 saturated heterocycles. The van der Waals surface area contributed by atoms with Gasteiger partial charge in [-0.1, -0.05) is 23.7 Å². The molecule has 3 nitrogen and oxygen atoms in total. The van der Waals surface area contributed by atoms with E-state index in [-0.39, 0.29) is 0 Å². The first-order valence-electron chi connectivity index (χ1n) is 7.05. The second kappa shape index (κ2) is 8.70. The van der Waals surface area contributed by atoms with Crippen LogP contribution in [-0.2, 0) is 13.0 Å². The second-order valence-electron chi connectivity index (χ2n) is 4.63. The fraction of sp³-hybridized carbons (Fsp3) is 0.312. The van der Waals surface area contributed by atoms with E-state index in [9.17, 15) is 0 Å². The molecule has 0 spiro atoms. The van der Waals surface area contributed by atoms with Crippen LogP contribution in [0.25, 0.3) is 0 Å². The van der Waals surface area contributed by atoms with E-state index in [4.69, 9.17) is 11.6 Å². The van der Waals surface area contributed by atoms with Crippen LogP contribution in [0.2, 0.25) is 5.02 Å². The minimum absolute atomic E-state index is 0.708. The lowest BCUT2D eigenvalue weighted by atomic mass is 10.1. The van der Waals surface area contributed by atoms with Gasteiger partial charge in [-0.15, -0.1) is 0 Å². The number of hydrogen-bond acceptors (Lipinski definition) is 2. The van der Waals surface area contributed by atoms with Gasteiger partial charge in [-0.25, -0.2) is 4.99 Å². The van der Waals surface area contributed by atoms with Crippen molar-refractivity contribution in [2.45, 2.75) is 19.9 Å². The van der Waals surface area contributed by atoms with Gasteiger partial charge in [0.15, 0.2) is 5.96 Å². The minimum Gasteiger partial charge on any atom is -0.357 e. The fourth-order valence-electron chi connectivity index (χ4n) is 1.87. The Morgan fingerprint density at radius 2 is 1.95 bits per heavy atom. The van der Waals surface area contributed by atoms with Crippen molar-refractivity contribution >= 4 is 28.9 Å². The molecular weight excluding hydrogens is 302 g/mol. The van der Waals surface area contributed by atoms with Crippen LogP contribution in [0.1, 0.15) is 18.1 Å². The highest BCUT2D eigenvalue weighted by atomic mass is 35.5. The standard InChI is InChI=1S/C16H20ClN3S/c1-2-18-16(20-11-14-8-10-21-12-14)19-9-7-13-3-5-15(17)6-4-13/h3-6,8,10,12H,2,7,9,11H2,1H3,(H2,18,19,20). The molecule has 0 radical (unpaired) electrons. The second-order valence-corrected chi connectivity index (χ2v) is 5.85. The summed E-state index contributed by atoms with van der Waals surface area (Å²) < 4.78 is 0. The van der Waals surface area contributed by atoms with E-state index >= 15 is 0 Å². The highest BCUT2D eigenvalue weighted by molar-refractivity contribution is 7.07. The fourth-order valence-corrected chi connectivity index (χ4v) is 2.66. The number of guanidine groups is 1. The Labute approximate surface area is 135 Å². The van der Waals surface area contributed by atoms with Crippen LogP contribution in [0.4, 0.5) is 0 Å². The molecular formula is C16H20ClN3S. The summed E-state index contributed by atoms with van der Waals surface area (Å²) in [5.41, 5.74) is 2.51. The van der Waals surface area contributed by atoms with E-state index in [0.717, 1.165) is 30.5 Å². The number of halogens is 1. The van der Waals surface area contributed by atoms with Crippen LogP contribution in [0.15, 0.2) is 46.1 Å². The van der Waals surface area contributed by atoms with Crippen molar-refractivity contribution in [2.24, 2.45) is 4.99 Å². The number of benzene rings is 1. The molecule has 2 N–H and O–H groups in total. The van der Waals surface area contributed by atoms with Crippen LogP contribution >= 0.6 is 22.9 Å². The van der Waals surface area contributed by atoms with E-state index in [0.29, 0.717) is 6.54 Å². The van der Waals surface area contributed by atoms with E-state index in [2.05, 4.69) is 51.5 Å². The summed E-state index contributed by atoms with van der Waals surface area (Å²) >= 11 is 7.58. The van der Waals surface area contributed by atoms with E-state index in [1.54, 1.807) is 11.3 Å². The maximum atomic E-state index is 5.88. The van der Waals surface area contributed by atoms with Gasteiger partial charge in [0, 0.05) is 18.1 Å². The molecule has 0 bridgehead atoms. The van der Waals surface area contributed by atoms with Crippen molar-refractivity contribution in [3.8, 4) is 0 Å². The summed E-state index contributed by atoms with van der Waals surface area (Å²) in [5, 5.41) is 11.6. The average molecular weight is 322 g/mol. The lowest BCUT2D eigenvalue weighted by molar-refractivity contribution is 0.800. The molecule has 0 fully saturated rings. The summed E-state index contributed by atoms with van der Waals surface area (Å²) in [7, 11) is 0. The van der Waals surface area contributed by atoms with Crippen molar-refractivity contribution in [3.05, 3.63) is 57.2 Å². The molecule has 0 atom stereocenters. The SMILES string of the molecule is CCNC(=NCc1ccsc1)NCCc1ccc(Cl)cc1. The maximum absolute atomic E-state index is 5.88. The van der Waals surface area contributed by atoms with E-state index in [1.807, 2.05) is 12.1 Å². The van der Waals surface area contributed by atoms with Crippen molar-refractivity contribution in [3.63, 3.8) is 0 Å². The van der Waals surface area contributed by atoms with Gasteiger partial charge in [0.2, 0.25) is 0 Å². The molecule has 1 heterocycles. The Kier molecular flexibility index (Phi) is 6.57. The zero-order valence-corrected chi connectivity index (χ0v) is 13.7. The Bertz CT molecular complexity index is 549. The van der Waals surface area contributed by atoms with Gasteiger partial charge in [-0.3, -0.25) is 0 Å². The molecule has 0 unspecified atom stereocenters. The predicted octanol–water partition coefficient (Wildman–Crippen LogP) is 3.70. The van der Waals surface area contributed by atoms with Crippen LogP contribution in [-0.4, -0.2) is 19.0 Å². The third-order valence-electron chi connectivity index (χ3n) is 2.96. The minimum atomic E-state index is 0.708. The van der Waals surface area contributed by atoms with Gasteiger partial charge in [0.25, 0.3) is 0 Å². The highest BCUT2D eigenvalue weighted by Crippen LogP contribution is 2.09. The molecule has 0 aliphatic carbocycles. The number of thiophene rings is 1. The average Bonchev–Trinajstić information content (AvgIpc) is 3.00. The monoisotopic (exact) mass is 321 g/mol. The van der Waals surface area contributed by atoms with Crippen molar-refractivity contribution in [1.82, 2.24) is 10.6 Å². The quantitative estimate of drug-likeness (QED) is 0.628. The molecule has 5 heteroatoms. The first-order chi connectivity index (χ1) is 10.3. The Morgan fingerprint density at radius 3 is 2.62 bits per heavy atom. The third kappa shape index (κ3) is 5.78. The smallest absolute Gasteiger partial charge is 0.191 e. The van der Waals surface area contributed by atoms with E-state index < -0.39 is 0 Å². The molecule has 112 valence electrons. The van der Waals surface area contributed by atoms with Gasteiger partial charge in [-0.2, -0.15) is 11.3 Å². The first kappa shape index (κ1) is 15.9. The molecule has 1 aromatic heterocycles. The number of aliphatic imine (C=N–C) groups is 1. The third-order valence-corrected chi connectivity index (χ3v) is 3.95. The van der Waals surface area contributed by atoms with Gasteiger partial charge >= 0.3 is 0 Å². The van der Waals surface area contributed by atoms with Crippen LogP contribution in [0.3, 0.4) is 0 Å². The summed E-state index contributed by atoms with van der Waals surface area (Å²) in [5.74, 6) is 0.859. The van der Waals surface area contributed by atoms with Gasteiger partial charge in [0.1, 0.15) is 0 Å². The molecule has 0 amide bonds. The molecule has 2 aromatic rings. The van der Waals surface area contributed by atoms with Gasteiger partial charge in [0.05, 0.1) is 6.54 Å². The number of nitrogens with one attached hydrogen (secondary N) is 2. The lowest BCUT2D eigenvalue weighted by Crippen LogP contribution is -2.38. The molecule has 2 rings (SSSR count). The molecule has 1 aromatic carbocycles.